The van der Waals surface area contributed by atoms with Crippen LogP contribution in [0.25, 0.3) is 0 Å². The molecule has 0 radical (unpaired) electrons. The molecule has 0 aliphatic rings. The van der Waals surface area contributed by atoms with Crippen LogP contribution in [-0.2, 0) is 4.79 Å². The molecule has 0 heterocycles. The molecule has 0 saturated carbocycles. The van der Waals surface area contributed by atoms with Crippen molar-refractivity contribution in [3.05, 3.63) is 11.1 Å². The number of hydrogen-bond donors (Lipinski definition) is 0. The molecule has 0 aromatic carbocycles. The van der Waals surface area contributed by atoms with E-state index in [1.807, 2.05) is 25.3 Å². The van der Waals surface area contributed by atoms with Crippen LogP contribution in [0, 0.1) is 0 Å². The molecular formula is C6H11NOS. The summed E-state index contributed by atoms with van der Waals surface area (Å²) in [4.78, 5) is 12.8. The summed E-state index contributed by atoms with van der Waals surface area (Å²) in [5.41, 5.74) is 0. The number of hydrogen-bond acceptors (Lipinski definition) is 3. The Morgan fingerprint density at radius 2 is 2.11 bits per heavy atom. The molecule has 0 fully saturated rings. The van der Waals surface area contributed by atoms with Crippen molar-refractivity contribution in [3.63, 3.8) is 0 Å². The maximum absolute atomic E-state index is 10.2. The summed E-state index contributed by atoms with van der Waals surface area (Å²) in [5, 5.41) is 0. The highest BCUT2D eigenvalue weighted by Gasteiger charge is 1.89. The van der Waals surface area contributed by atoms with Crippen molar-refractivity contribution in [1.82, 2.24) is 4.90 Å². The zero-order valence-corrected chi connectivity index (χ0v) is 6.73. The molecule has 0 spiro atoms. The van der Waals surface area contributed by atoms with Crippen molar-refractivity contribution < 1.29 is 4.79 Å². The second-order valence-electron chi connectivity index (χ2n) is 1.82. The molecular weight excluding hydrogens is 134 g/mol. The summed E-state index contributed by atoms with van der Waals surface area (Å²) < 4.78 is 0. The van der Waals surface area contributed by atoms with Gasteiger partial charge in [-0.15, -0.1) is 11.8 Å². The van der Waals surface area contributed by atoms with E-state index >= 15 is 0 Å². The first-order valence-corrected chi connectivity index (χ1v) is 3.80. The quantitative estimate of drug-likeness (QED) is 0.435. The Hall–Kier alpha value is -0.440. The van der Waals surface area contributed by atoms with Gasteiger partial charge in [0.1, 0.15) is 0 Å². The number of thioether (sulfide) groups is 1. The normalized spacial score (nSPS) is 11.2. The van der Waals surface area contributed by atoms with Crippen LogP contribution in [0.5, 0.6) is 0 Å². The predicted molar refractivity (Wildman–Crippen MR) is 41.3 cm³/mol. The Balaban J connectivity index is 3.90. The standard InChI is InChI=1S/C6H11NOS/c1-7(2)4-6(5-8)9-3/h4-5H,1-3H3/b6-4+. The van der Waals surface area contributed by atoms with Gasteiger partial charge in [0.2, 0.25) is 0 Å². The molecule has 2 nitrogen and oxygen atoms in total. The molecule has 0 unspecified atom stereocenters. The highest BCUT2D eigenvalue weighted by molar-refractivity contribution is 8.03. The minimum atomic E-state index is 0.750. The summed E-state index contributed by atoms with van der Waals surface area (Å²) in [5.74, 6) is 0. The molecule has 0 aromatic rings. The van der Waals surface area contributed by atoms with Crippen LogP contribution >= 0.6 is 11.8 Å². The van der Waals surface area contributed by atoms with Crippen LogP contribution in [0.1, 0.15) is 0 Å². The van der Waals surface area contributed by atoms with Gasteiger partial charge >= 0.3 is 0 Å². The van der Waals surface area contributed by atoms with E-state index in [9.17, 15) is 4.79 Å². The molecule has 0 bridgehead atoms. The molecule has 0 aliphatic carbocycles. The van der Waals surface area contributed by atoms with E-state index < -0.39 is 0 Å². The highest BCUT2D eigenvalue weighted by atomic mass is 32.2. The van der Waals surface area contributed by atoms with E-state index in [0.29, 0.717) is 0 Å². The lowest BCUT2D eigenvalue weighted by Gasteiger charge is -2.04. The van der Waals surface area contributed by atoms with Crippen molar-refractivity contribution >= 4 is 18.0 Å². The number of rotatable bonds is 3. The van der Waals surface area contributed by atoms with Crippen molar-refractivity contribution in [2.75, 3.05) is 20.4 Å². The van der Waals surface area contributed by atoms with Gasteiger partial charge in [-0.3, -0.25) is 4.79 Å². The number of carbonyl (C=O) groups is 1. The monoisotopic (exact) mass is 145 g/mol. The van der Waals surface area contributed by atoms with Crippen LogP contribution < -0.4 is 0 Å². The number of carbonyl (C=O) groups excluding carboxylic acids is 1. The fourth-order valence-electron chi connectivity index (χ4n) is 0.386. The van der Waals surface area contributed by atoms with Crippen molar-refractivity contribution in [1.29, 1.82) is 0 Å². The smallest absolute Gasteiger partial charge is 0.157 e. The van der Waals surface area contributed by atoms with Crippen molar-refractivity contribution in [3.8, 4) is 0 Å². The van der Waals surface area contributed by atoms with E-state index in [0.717, 1.165) is 11.2 Å². The van der Waals surface area contributed by atoms with Gasteiger partial charge in [0.15, 0.2) is 6.29 Å². The first-order valence-electron chi connectivity index (χ1n) is 2.58. The van der Waals surface area contributed by atoms with Crippen LogP contribution in [0.2, 0.25) is 0 Å². The minimum Gasteiger partial charge on any atom is -0.382 e. The molecule has 9 heavy (non-hydrogen) atoms. The number of allylic oxidation sites excluding steroid dienone is 1. The van der Waals surface area contributed by atoms with Crippen LogP contribution in [0.3, 0.4) is 0 Å². The van der Waals surface area contributed by atoms with Gasteiger partial charge in [-0.05, 0) is 6.26 Å². The first-order chi connectivity index (χ1) is 4.20. The fraction of sp³-hybridized carbons (Fsp3) is 0.500. The third-order valence-corrected chi connectivity index (χ3v) is 1.41. The molecule has 0 amide bonds. The average Bonchev–Trinajstić information content (AvgIpc) is 1.82. The summed E-state index contributed by atoms with van der Waals surface area (Å²) >= 11 is 1.45. The maximum Gasteiger partial charge on any atom is 0.157 e. The van der Waals surface area contributed by atoms with Gasteiger partial charge in [0.05, 0.1) is 4.91 Å². The molecule has 0 N–H and O–H groups in total. The Bertz CT molecular complexity index is 120. The fourth-order valence-corrected chi connectivity index (χ4v) is 0.798. The van der Waals surface area contributed by atoms with E-state index in [2.05, 4.69) is 0 Å². The first kappa shape index (κ1) is 8.56. The van der Waals surface area contributed by atoms with Crippen molar-refractivity contribution in [2.24, 2.45) is 0 Å². The zero-order chi connectivity index (χ0) is 7.28. The Morgan fingerprint density at radius 1 is 1.56 bits per heavy atom. The zero-order valence-electron chi connectivity index (χ0n) is 5.92. The third-order valence-electron chi connectivity index (χ3n) is 0.737. The third kappa shape index (κ3) is 4.09. The highest BCUT2D eigenvalue weighted by Crippen LogP contribution is 2.06. The predicted octanol–water partition coefficient (Wildman–Crippen LogP) is 0.951. The Kier molecular flexibility index (Phi) is 4.22. The maximum atomic E-state index is 10.2. The number of aldehydes is 1. The van der Waals surface area contributed by atoms with Crippen LogP contribution in [-0.4, -0.2) is 31.5 Å². The van der Waals surface area contributed by atoms with E-state index in [1.165, 1.54) is 11.8 Å². The lowest BCUT2D eigenvalue weighted by molar-refractivity contribution is -0.104. The van der Waals surface area contributed by atoms with Crippen LogP contribution in [0.4, 0.5) is 0 Å². The van der Waals surface area contributed by atoms with E-state index in [4.69, 9.17) is 0 Å². The molecule has 0 aromatic heterocycles. The summed E-state index contributed by atoms with van der Waals surface area (Å²) in [7, 11) is 3.78. The van der Waals surface area contributed by atoms with Crippen LogP contribution in [0.15, 0.2) is 11.1 Å². The van der Waals surface area contributed by atoms with E-state index in [1.54, 1.807) is 6.20 Å². The second kappa shape index (κ2) is 4.44. The largest absolute Gasteiger partial charge is 0.382 e. The Labute approximate surface area is 59.9 Å². The van der Waals surface area contributed by atoms with E-state index in [-0.39, 0.29) is 0 Å². The van der Waals surface area contributed by atoms with Gasteiger partial charge in [0.25, 0.3) is 0 Å². The topological polar surface area (TPSA) is 20.3 Å². The lowest BCUT2D eigenvalue weighted by atomic mass is 10.6. The summed E-state index contributed by atoms with van der Waals surface area (Å²) in [6.45, 7) is 0. The molecule has 0 aliphatic heterocycles. The molecule has 0 saturated heterocycles. The SMILES string of the molecule is CS/C(C=O)=C/N(C)C. The average molecular weight is 145 g/mol. The lowest BCUT2D eigenvalue weighted by Crippen LogP contribution is -2.02. The molecule has 3 heteroatoms. The minimum absolute atomic E-state index is 0.750. The van der Waals surface area contributed by atoms with Gasteiger partial charge in [-0.1, -0.05) is 0 Å². The Morgan fingerprint density at radius 3 is 2.22 bits per heavy atom. The second-order valence-corrected chi connectivity index (χ2v) is 2.70. The molecule has 0 rings (SSSR count). The van der Waals surface area contributed by atoms with Crippen molar-refractivity contribution in [2.45, 2.75) is 0 Å². The van der Waals surface area contributed by atoms with Gasteiger partial charge in [0, 0.05) is 20.3 Å². The summed E-state index contributed by atoms with van der Waals surface area (Å²) in [6, 6.07) is 0. The molecule has 0 atom stereocenters. The van der Waals surface area contributed by atoms with Gasteiger partial charge in [-0.25, -0.2) is 0 Å². The summed E-state index contributed by atoms with van der Waals surface area (Å²) in [6.07, 6.45) is 4.52. The molecule has 52 valence electrons. The van der Waals surface area contributed by atoms with Gasteiger partial charge in [-0.2, -0.15) is 0 Å². The van der Waals surface area contributed by atoms with Gasteiger partial charge < -0.3 is 4.90 Å². The number of nitrogens with zero attached hydrogens (tertiary/aromatic N) is 1.